The second-order valence-corrected chi connectivity index (χ2v) is 11.5. The quantitative estimate of drug-likeness (QED) is 0.267. The van der Waals surface area contributed by atoms with E-state index in [1.807, 2.05) is 35.2 Å². The fourth-order valence-corrected chi connectivity index (χ4v) is 6.35. The van der Waals surface area contributed by atoms with Crippen LogP contribution in [0, 0.1) is 0 Å². The third kappa shape index (κ3) is 6.22. The fraction of sp³-hybridized carbons (Fsp3) is 0.194. The van der Waals surface area contributed by atoms with Crippen LogP contribution in [-0.2, 0) is 22.7 Å². The van der Waals surface area contributed by atoms with Gasteiger partial charge in [-0.3, -0.25) is 9.10 Å². The van der Waals surface area contributed by atoms with Crippen LogP contribution >= 0.6 is 0 Å². The van der Waals surface area contributed by atoms with E-state index in [0.29, 0.717) is 18.8 Å². The maximum absolute atomic E-state index is 13.9. The van der Waals surface area contributed by atoms with Crippen LogP contribution in [0.4, 0.5) is 24.5 Å². The number of halogens is 3. The molecule has 1 aliphatic heterocycles. The number of amides is 1. The molecule has 6 nitrogen and oxygen atoms in total. The Morgan fingerprint density at radius 2 is 1.37 bits per heavy atom. The van der Waals surface area contributed by atoms with Crippen molar-refractivity contribution in [2.45, 2.75) is 17.6 Å². The van der Waals surface area contributed by atoms with Crippen molar-refractivity contribution < 1.29 is 26.4 Å². The number of rotatable bonds is 7. The Kier molecular flexibility index (Phi) is 8.03. The highest BCUT2D eigenvalue weighted by Crippen LogP contribution is 2.33. The second-order valence-electron chi connectivity index (χ2n) is 9.65. The number of anilines is 2. The summed E-state index contributed by atoms with van der Waals surface area (Å²) in [6.45, 7) is 1.24. The van der Waals surface area contributed by atoms with E-state index in [2.05, 4.69) is 0 Å². The number of piperazine rings is 1. The molecule has 41 heavy (non-hydrogen) atoms. The summed E-state index contributed by atoms with van der Waals surface area (Å²) in [7, 11) is -4.04. The molecule has 4 aromatic carbocycles. The number of carbonyl (C=O) groups is 1. The summed E-state index contributed by atoms with van der Waals surface area (Å²) in [5.74, 6) is -0.342. The highest BCUT2D eigenvalue weighted by atomic mass is 32.2. The number of alkyl halides is 3. The molecule has 5 rings (SSSR count). The minimum atomic E-state index is -4.44. The normalized spacial score (nSPS) is 14.1. The second kappa shape index (κ2) is 11.7. The van der Waals surface area contributed by atoms with Crippen LogP contribution in [0.5, 0.6) is 0 Å². The zero-order chi connectivity index (χ0) is 29.0. The molecule has 0 atom stereocenters. The highest BCUT2D eigenvalue weighted by molar-refractivity contribution is 7.92. The maximum atomic E-state index is 13.9. The van der Waals surface area contributed by atoms with Crippen molar-refractivity contribution in [3.63, 3.8) is 0 Å². The van der Waals surface area contributed by atoms with Gasteiger partial charge in [0.15, 0.2) is 0 Å². The maximum Gasteiger partial charge on any atom is 0.416 e. The molecule has 212 valence electrons. The van der Waals surface area contributed by atoms with Crippen molar-refractivity contribution in [3.8, 4) is 0 Å². The first-order valence-corrected chi connectivity index (χ1v) is 14.5. The van der Waals surface area contributed by atoms with E-state index in [1.165, 1.54) is 22.5 Å². The minimum Gasteiger partial charge on any atom is -0.368 e. The van der Waals surface area contributed by atoms with E-state index < -0.39 is 21.8 Å². The van der Waals surface area contributed by atoms with Gasteiger partial charge in [-0.2, -0.15) is 13.2 Å². The van der Waals surface area contributed by atoms with Crippen LogP contribution in [0.25, 0.3) is 0 Å². The molecule has 1 aliphatic rings. The largest absolute Gasteiger partial charge is 0.416 e. The van der Waals surface area contributed by atoms with E-state index in [9.17, 15) is 26.4 Å². The van der Waals surface area contributed by atoms with Crippen LogP contribution in [0.3, 0.4) is 0 Å². The number of para-hydroxylation sites is 1. The monoisotopic (exact) mass is 579 g/mol. The lowest BCUT2D eigenvalue weighted by molar-refractivity contribution is -0.137. The summed E-state index contributed by atoms with van der Waals surface area (Å²) < 4.78 is 68.7. The topological polar surface area (TPSA) is 60.9 Å². The van der Waals surface area contributed by atoms with Gasteiger partial charge in [-0.15, -0.1) is 0 Å². The zero-order valence-electron chi connectivity index (χ0n) is 22.0. The van der Waals surface area contributed by atoms with Crippen molar-refractivity contribution in [1.82, 2.24) is 4.90 Å². The molecule has 10 heteroatoms. The lowest BCUT2D eigenvalue weighted by Gasteiger charge is -2.37. The van der Waals surface area contributed by atoms with E-state index in [4.69, 9.17) is 0 Å². The Morgan fingerprint density at radius 1 is 0.756 bits per heavy atom. The molecule has 0 radical (unpaired) electrons. The third-order valence-electron chi connectivity index (χ3n) is 7.01. The molecule has 1 fully saturated rings. The molecular formula is C31H28F3N3O3S. The van der Waals surface area contributed by atoms with Crippen LogP contribution in [-0.4, -0.2) is 45.4 Å². The molecule has 0 spiro atoms. The third-order valence-corrected chi connectivity index (χ3v) is 8.78. The van der Waals surface area contributed by atoms with Gasteiger partial charge in [0, 0.05) is 31.9 Å². The van der Waals surface area contributed by atoms with Gasteiger partial charge in [0.2, 0.25) is 0 Å². The molecule has 1 saturated heterocycles. The number of hydrogen-bond donors (Lipinski definition) is 0. The van der Waals surface area contributed by atoms with Gasteiger partial charge in [0.25, 0.3) is 15.9 Å². The van der Waals surface area contributed by atoms with Crippen LogP contribution < -0.4 is 9.21 Å². The van der Waals surface area contributed by atoms with Crippen LogP contribution in [0.15, 0.2) is 114 Å². The molecular weight excluding hydrogens is 551 g/mol. The molecule has 0 aromatic heterocycles. The highest BCUT2D eigenvalue weighted by Gasteiger charge is 2.33. The fourth-order valence-electron chi connectivity index (χ4n) is 4.86. The Morgan fingerprint density at radius 3 is 2.02 bits per heavy atom. The summed E-state index contributed by atoms with van der Waals surface area (Å²) in [5.41, 5.74) is 0.959. The number of sulfonamides is 1. The van der Waals surface area contributed by atoms with Crippen LogP contribution in [0.2, 0.25) is 0 Å². The van der Waals surface area contributed by atoms with Crippen molar-refractivity contribution >= 4 is 27.3 Å². The Hall–Kier alpha value is -4.31. The van der Waals surface area contributed by atoms with E-state index in [1.54, 1.807) is 53.4 Å². The summed E-state index contributed by atoms with van der Waals surface area (Å²) in [4.78, 5) is 17.3. The van der Waals surface area contributed by atoms with Crippen molar-refractivity contribution in [3.05, 3.63) is 126 Å². The lowest BCUT2D eigenvalue weighted by Crippen LogP contribution is -2.49. The van der Waals surface area contributed by atoms with Crippen LogP contribution in [0.1, 0.15) is 21.5 Å². The van der Waals surface area contributed by atoms with Crippen molar-refractivity contribution in [1.29, 1.82) is 0 Å². The summed E-state index contributed by atoms with van der Waals surface area (Å²) in [6, 6.07) is 29.0. The predicted molar refractivity (Wildman–Crippen MR) is 152 cm³/mol. The van der Waals surface area contributed by atoms with Gasteiger partial charge in [-0.1, -0.05) is 66.7 Å². The van der Waals surface area contributed by atoms with Gasteiger partial charge in [0.1, 0.15) is 0 Å². The number of carbonyl (C=O) groups excluding carboxylic acids is 1. The van der Waals surface area contributed by atoms with Crippen molar-refractivity contribution in [2.24, 2.45) is 0 Å². The standard InChI is InChI=1S/C31H28F3N3O3S/c32-31(33,34)25-12-9-13-26(22-25)35-18-20-36(21-19-35)30(38)28-16-7-8-17-29(28)37(23-24-10-3-1-4-11-24)41(39,40)27-14-5-2-6-15-27/h1-17,22H,18-21,23H2. The average molecular weight is 580 g/mol. The molecule has 0 unspecified atom stereocenters. The smallest absolute Gasteiger partial charge is 0.368 e. The molecule has 4 aromatic rings. The Balaban J connectivity index is 1.42. The van der Waals surface area contributed by atoms with Gasteiger partial charge < -0.3 is 9.80 Å². The summed E-state index contributed by atoms with van der Waals surface area (Å²) in [5, 5.41) is 0. The van der Waals surface area contributed by atoms with Crippen molar-refractivity contribution in [2.75, 3.05) is 35.4 Å². The minimum absolute atomic E-state index is 0.0195. The SMILES string of the molecule is O=C(c1ccccc1N(Cc1ccccc1)S(=O)(=O)c1ccccc1)N1CCN(c2cccc(C(F)(F)F)c2)CC1. The molecule has 1 amide bonds. The van der Waals surface area contributed by atoms with Gasteiger partial charge >= 0.3 is 6.18 Å². The molecule has 0 saturated carbocycles. The molecule has 0 N–H and O–H groups in total. The molecule has 0 bridgehead atoms. The van der Waals surface area contributed by atoms with Gasteiger partial charge in [0.05, 0.1) is 28.3 Å². The Labute approximate surface area is 237 Å². The van der Waals surface area contributed by atoms with E-state index in [0.717, 1.165) is 17.7 Å². The van der Waals surface area contributed by atoms with E-state index >= 15 is 0 Å². The summed E-state index contributed by atoms with van der Waals surface area (Å²) in [6.07, 6.45) is -4.44. The number of hydrogen-bond acceptors (Lipinski definition) is 4. The first-order valence-electron chi connectivity index (χ1n) is 13.1. The molecule has 1 heterocycles. The molecule has 0 aliphatic carbocycles. The average Bonchev–Trinajstić information content (AvgIpc) is 3.00. The van der Waals surface area contributed by atoms with Gasteiger partial charge in [-0.05, 0) is 48.0 Å². The first kappa shape index (κ1) is 28.2. The predicted octanol–water partition coefficient (Wildman–Crippen LogP) is 6.06. The number of nitrogens with zero attached hydrogens (tertiary/aromatic N) is 3. The first-order chi connectivity index (χ1) is 19.6. The number of benzene rings is 4. The summed E-state index contributed by atoms with van der Waals surface area (Å²) >= 11 is 0. The van der Waals surface area contributed by atoms with Gasteiger partial charge in [-0.25, -0.2) is 8.42 Å². The zero-order valence-corrected chi connectivity index (χ0v) is 22.9. The lowest BCUT2D eigenvalue weighted by atomic mass is 10.1. The Bertz CT molecular complexity index is 1610. The van der Waals surface area contributed by atoms with E-state index in [-0.39, 0.29) is 41.7 Å².